The second-order valence-electron chi connectivity index (χ2n) is 4.58. The lowest BCUT2D eigenvalue weighted by molar-refractivity contribution is 0.100. The summed E-state index contributed by atoms with van der Waals surface area (Å²) >= 11 is 3.47. The smallest absolute Gasteiger partial charge is 0.248 e. The fraction of sp³-hybridized carbons (Fsp3) is 0.0625. The Balaban J connectivity index is 1.68. The Labute approximate surface area is 131 Å². The molecule has 0 bridgehead atoms. The lowest BCUT2D eigenvalue weighted by atomic mass is 10.2. The first kappa shape index (κ1) is 13.9. The Morgan fingerprint density at radius 1 is 1.14 bits per heavy atom. The van der Waals surface area contributed by atoms with Crippen LogP contribution < -0.4 is 11.1 Å². The van der Waals surface area contributed by atoms with Gasteiger partial charge in [0, 0.05) is 33.1 Å². The van der Waals surface area contributed by atoms with Crippen molar-refractivity contribution in [2.45, 2.75) is 6.54 Å². The van der Waals surface area contributed by atoms with E-state index in [0.29, 0.717) is 5.56 Å². The van der Waals surface area contributed by atoms with Crippen LogP contribution in [0.15, 0.2) is 53.2 Å². The number of rotatable bonds is 5. The van der Waals surface area contributed by atoms with Crippen LogP contribution in [0.5, 0.6) is 0 Å². The quantitative estimate of drug-likeness (QED) is 0.742. The number of primary amides is 1. The summed E-state index contributed by atoms with van der Waals surface area (Å²) < 4.78 is 0. The summed E-state index contributed by atoms with van der Waals surface area (Å²) in [5, 5.41) is 7.57. The molecule has 0 saturated carbocycles. The lowest BCUT2D eigenvalue weighted by Gasteiger charge is -2.05. The van der Waals surface area contributed by atoms with Crippen molar-refractivity contribution < 1.29 is 4.79 Å². The molecule has 3 rings (SSSR count). The van der Waals surface area contributed by atoms with E-state index < -0.39 is 5.91 Å². The first-order valence-electron chi connectivity index (χ1n) is 6.47. The predicted molar refractivity (Wildman–Crippen MR) is 89.9 cm³/mol. The van der Waals surface area contributed by atoms with Gasteiger partial charge in [-0.25, -0.2) is 0 Å². The van der Waals surface area contributed by atoms with Gasteiger partial charge in [0.2, 0.25) is 5.91 Å². The molecule has 21 heavy (non-hydrogen) atoms. The van der Waals surface area contributed by atoms with Crippen molar-refractivity contribution in [2.75, 3.05) is 5.32 Å². The number of benzene rings is 1. The summed E-state index contributed by atoms with van der Waals surface area (Å²) in [4.78, 5) is 13.7. The lowest BCUT2D eigenvalue weighted by Crippen LogP contribution is -2.11. The van der Waals surface area contributed by atoms with Crippen LogP contribution in [-0.2, 0) is 6.54 Å². The maximum Gasteiger partial charge on any atom is 0.248 e. The number of carbonyl (C=O) groups is 1. The van der Waals surface area contributed by atoms with Crippen molar-refractivity contribution in [2.24, 2.45) is 5.73 Å². The minimum absolute atomic E-state index is 0.408. The van der Waals surface area contributed by atoms with E-state index in [0.717, 1.165) is 12.2 Å². The van der Waals surface area contributed by atoms with E-state index in [-0.39, 0.29) is 0 Å². The van der Waals surface area contributed by atoms with Gasteiger partial charge in [-0.15, -0.1) is 22.7 Å². The summed E-state index contributed by atoms with van der Waals surface area (Å²) in [6.07, 6.45) is 0. The molecule has 1 amide bonds. The van der Waals surface area contributed by atoms with E-state index in [2.05, 4.69) is 34.3 Å². The number of nitrogens with one attached hydrogen (secondary N) is 1. The topological polar surface area (TPSA) is 55.1 Å². The molecule has 2 aromatic heterocycles. The Morgan fingerprint density at radius 2 is 2.05 bits per heavy atom. The van der Waals surface area contributed by atoms with Gasteiger partial charge in [0.05, 0.1) is 0 Å². The molecule has 0 fully saturated rings. The summed E-state index contributed by atoms with van der Waals surface area (Å²) in [7, 11) is 0. The Morgan fingerprint density at radius 3 is 2.81 bits per heavy atom. The summed E-state index contributed by atoms with van der Waals surface area (Å²) in [5.41, 5.74) is 7.96. The van der Waals surface area contributed by atoms with Gasteiger partial charge < -0.3 is 11.1 Å². The van der Waals surface area contributed by atoms with Gasteiger partial charge in [0.1, 0.15) is 0 Å². The number of hydrogen-bond acceptors (Lipinski definition) is 4. The van der Waals surface area contributed by atoms with E-state index in [1.807, 2.05) is 12.1 Å². The van der Waals surface area contributed by atoms with Gasteiger partial charge >= 0.3 is 0 Å². The van der Waals surface area contributed by atoms with Crippen LogP contribution in [0.2, 0.25) is 0 Å². The Bertz CT molecular complexity index is 747. The molecule has 0 radical (unpaired) electrons. The maximum absolute atomic E-state index is 11.2. The molecule has 0 atom stereocenters. The van der Waals surface area contributed by atoms with Crippen molar-refractivity contribution in [3.63, 3.8) is 0 Å². The average molecular weight is 314 g/mol. The van der Waals surface area contributed by atoms with Crippen LogP contribution in [0.25, 0.3) is 10.4 Å². The predicted octanol–water partition coefficient (Wildman–Crippen LogP) is 4.19. The molecule has 2 heterocycles. The van der Waals surface area contributed by atoms with Crippen LogP contribution in [0.1, 0.15) is 15.2 Å². The number of nitrogens with two attached hydrogens (primary N) is 1. The second kappa shape index (κ2) is 6.11. The van der Waals surface area contributed by atoms with Crippen LogP contribution in [0, 0.1) is 0 Å². The number of hydrogen-bond donors (Lipinski definition) is 2. The summed E-state index contributed by atoms with van der Waals surface area (Å²) in [6.45, 7) is 0.734. The normalized spacial score (nSPS) is 10.5. The van der Waals surface area contributed by atoms with Crippen molar-refractivity contribution in [3.8, 4) is 10.4 Å². The number of anilines is 1. The van der Waals surface area contributed by atoms with Crippen molar-refractivity contribution >= 4 is 34.3 Å². The molecule has 3 aromatic rings. The van der Waals surface area contributed by atoms with Crippen LogP contribution in [0.4, 0.5) is 5.69 Å². The van der Waals surface area contributed by atoms with Crippen LogP contribution in [0.3, 0.4) is 0 Å². The highest BCUT2D eigenvalue weighted by Gasteiger charge is 2.04. The molecule has 0 saturated heterocycles. The van der Waals surface area contributed by atoms with Gasteiger partial charge in [-0.05, 0) is 41.1 Å². The fourth-order valence-electron chi connectivity index (χ4n) is 2.02. The highest BCUT2D eigenvalue weighted by molar-refractivity contribution is 7.14. The van der Waals surface area contributed by atoms with Crippen molar-refractivity contribution in [1.82, 2.24) is 0 Å². The van der Waals surface area contributed by atoms with E-state index in [1.54, 1.807) is 34.8 Å². The molecular weight excluding hydrogens is 300 g/mol. The van der Waals surface area contributed by atoms with Gasteiger partial charge in [-0.1, -0.05) is 12.1 Å². The van der Waals surface area contributed by atoms with E-state index >= 15 is 0 Å². The molecule has 3 N–H and O–H groups in total. The molecule has 0 aliphatic heterocycles. The fourth-order valence-corrected chi connectivity index (χ4v) is 3.63. The highest BCUT2D eigenvalue weighted by Crippen LogP contribution is 2.29. The highest BCUT2D eigenvalue weighted by atomic mass is 32.1. The number of amides is 1. The largest absolute Gasteiger partial charge is 0.380 e. The van der Waals surface area contributed by atoms with Crippen LogP contribution in [-0.4, -0.2) is 5.91 Å². The van der Waals surface area contributed by atoms with Crippen LogP contribution >= 0.6 is 22.7 Å². The van der Waals surface area contributed by atoms with Gasteiger partial charge in [0.15, 0.2) is 0 Å². The Kier molecular flexibility index (Phi) is 4.03. The maximum atomic E-state index is 11.2. The molecule has 5 heteroatoms. The minimum atomic E-state index is -0.408. The zero-order valence-electron chi connectivity index (χ0n) is 11.2. The molecule has 3 nitrogen and oxygen atoms in total. The van der Waals surface area contributed by atoms with E-state index in [1.165, 1.54) is 15.3 Å². The molecule has 0 unspecified atom stereocenters. The monoisotopic (exact) mass is 314 g/mol. The standard InChI is InChI=1S/C16H14N2OS2/c17-16(19)11-3-1-4-13(7-11)18-9-14-8-12(10-21-14)15-5-2-6-20-15/h1-8,10,18H,9H2,(H2,17,19). The molecular formula is C16H14N2OS2. The zero-order chi connectivity index (χ0) is 14.7. The second-order valence-corrected chi connectivity index (χ2v) is 6.52. The van der Waals surface area contributed by atoms with E-state index in [4.69, 9.17) is 5.73 Å². The van der Waals surface area contributed by atoms with Gasteiger partial charge in [-0.3, -0.25) is 4.79 Å². The molecule has 0 spiro atoms. The first-order chi connectivity index (χ1) is 10.2. The van der Waals surface area contributed by atoms with Crippen molar-refractivity contribution in [3.05, 3.63) is 63.7 Å². The SMILES string of the molecule is NC(=O)c1cccc(NCc2cc(-c3cccs3)cs2)c1. The van der Waals surface area contributed by atoms with E-state index in [9.17, 15) is 4.79 Å². The molecule has 106 valence electrons. The molecule has 0 aliphatic rings. The van der Waals surface area contributed by atoms with Gasteiger partial charge in [0.25, 0.3) is 0 Å². The minimum Gasteiger partial charge on any atom is -0.380 e. The Hall–Kier alpha value is -2.11. The van der Waals surface area contributed by atoms with Crippen molar-refractivity contribution in [1.29, 1.82) is 0 Å². The summed E-state index contributed by atoms with van der Waals surface area (Å²) in [6, 6.07) is 13.6. The molecule has 0 aliphatic carbocycles. The first-order valence-corrected chi connectivity index (χ1v) is 8.23. The third-order valence-electron chi connectivity index (χ3n) is 3.07. The number of carbonyl (C=O) groups excluding carboxylic acids is 1. The van der Waals surface area contributed by atoms with Gasteiger partial charge in [-0.2, -0.15) is 0 Å². The third-order valence-corrected chi connectivity index (χ3v) is 4.93. The number of thiophene rings is 2. The third kappa shape index (κ3) is 3.32. The molecule has 1 aromatic carbocycles. The summed E-state index contributed by atoms with van der Waals surface area (Å²) in [5.74, 6) is -0.408. The zero-order valence-corrected chi connectivity index (χ0v) is 12.8. The average Bonchev–Trinajstić information content (AvgIpc) is 3.16.